The van der Waals surface area contributed by atoms with Crippen molar-refractivity contribution in [3.63, 3.8) is 0 Å². The summed E-state index contributed by atoms with van der Waals surface area (Å²) in [6, 6.07) is 15.4. The van der Waals surface area contributed by atoms with Gasteiger partial charge in [-0.15, -0.1) is 5.10 Å². The Bertz CT molecular complexity index is 812. The van der Waals surface area contributed by atoms with E-state index in [1.807, 2.05) is 53.2 Å². The van der Waals surface area contributed by atoms with Crippen LogP contribution in [0.2, 0.25) is 0 Å². The molecule has 0 saturated carbocycles. The highest BCUT2D eigenvalue weighted by Gasteiger charge is 2.16. The van der Waals surface area contributed by atoms with Crippen LogP contribution >= 0.6 is 11.8 Å². The first-order valence-corrected chi connectivity index (χ1v) is 9.61. The molecule has 0 spiro atoms. The van der Waals surface area contributed by atoms with Crippen molar-refractivity contribution in [1.82, 2.24) is 14.8 Å². The monoisotopic (exact) mass is 401 g/mol. The van der Waals surface area contributed by atoms with Crippen molar-refractivity contribution in [3.05, 3.63) is 48.5 Å². The Morgan fingerprint density at radius 2 is 1.43 bits per heavy atom. The predicted octanol–water partition coefficient (Wildman–Crippen LogP) is 3.66. The lowest BCUT2D eigenvalue weighted by molar-refractivity contribution is -0.0842. The van der Waals surface area contributed by atoms with Gasteiger partial charge in [-0.2, -0.15) is 0 Å². The number of rotatable bonds is 9. The van der Waals surface area contributed by atoms with Crippen molar-refractivity contribution < 1.29 is 18.9 Å². The first-order valence-electron chi connectivity index (χ1n) is 8.62. The van der Waals surface area contributed by atoms with Crippen LogP contribution in [-0.4, -0.2) is 55.2 Å². The maximum absolute atomic E-state index is 5.25. The number of ether oxygens (including phenoxy) is 4. The molecular formula is C20H23N3O4S. The molecule has 7 nitrogen and oxygen atoms in total. The highest BCUT2D eigenvalue weighted by atomic mass is 32.2. The average Bonchev–Trinajstić information content (AvgIpc) is 3.19. The lowest BCUT2D eigenvalue weighted by Gasteiger charge is -2.10. The van der Waals surface area contributed by atoms with Crippen molar-refractivity contribution in [1.29, 1.82) is 0 Å². The molecule has 0 atom stereocenters. The van der Waals surface area contributed by atoms with E-state index < -0.39 is 0 Å². The summed E-state index contributed by atoms with van der Waals surface area (Å²) in [5, 5.41) is 5.32. The Balaban J connectivity index is 1.96. The molecule has 0 bridgehead atoms. The van der Waals surface area contributed by atoms with E-state index >= 15 is 0 Å². The quantitative estimate of drug-likeness (QED) is 0.400. The topological polar surface area (TPSA) is 67.6 Å². The fraction of sp³-hybridized carbons (Fsp3) is 0.300. The number of hydrogen-bond acceptors (Lipinski definition) is 7. The highest BCUT2D eigenvalue weighted by molar-refractivity contribution is 7.99. The zero-order valence-electron chi connectivity index (χ0n) is 16.3. The van der Waals surface area contributed by atoms with E-state index in [0.717, 1.165) is 28.6 Å². The minimum absolute atomic E-state index is 0.317. The largest absolute Gasteiger partial charge is 0.497 e. The van der Waals surface area contributed by atoms with Crippen LogP contribution in [0.4, 0.5) is 0 Å². The van der Waals surface area contributed by atoms with E-state index in [1.54, 1.807) is 28.4 Å². The van der Waals surface area contributed by atoms with Crippen molar-refractivity contribution in [2.45, 2.75) is 11.4 Å². The minimum atomic E-state index is -0.317. The molecule has 0 amide bonds. The normalized spacial score (nSPS) is 11.0. The molecule has 28 heavy (non-hydrogen) atoms. The van der Waals surface area contributed by atoms with Gasteiger partial charge in [0.1, 0.15) is 11.5 Å². The summed E-state index contributed by atoms with van der Waals surface area (Å²) >= 11 is 1.47. The van der Waals surface area contributed by atoms with Crippen molar-refractivity contribution >= 4 is 11.8 Å². The number of benzene rings is 2. The average molecular weight is 401 g/mol. The van der Waals surface area contributed by atoms with Crippen LogP contribution in [0.1, 0.15) is 0 Å². The second kappa shape index (κ2) is 9.59. The minimum Gasteiger partial charge on any atom is -0.497 e. The lowest BCUT2D eigenvalue weighted by Crippen LogP contribution is -2.15. The van der Waals surface area contributed by atoms with Gasteiger partial charge in [0.15, 0.2) is 12.1 Å². The molecule has 0 aliphatic heterocycles. The Hall–Kier alpha value is -2.55. The summed E-state index contributed by atoms with van der Waals surface area (Å²) in [5.74, 6) is 2.90. The van der Waals surface area contributed by atoms with Crippen molar-refractivity contribution in [2.24, 2.45) is 0 Å². The van der Waals surface area contributed by atoms with Crippen LogP contribution < -0.4 is 9.47 Å². The second-order valence-electron chi connectivity index (χ2n) is 5.77. The molecule has 3 aromatic rings. The first-order chi connectivity index (χ1) is 13.7. The molecule has 0 N–H and O–H groups in total. The summed E-state index contributed by atoms with van der Waals surface area (Å²) in [5.41, 5.74) is 1.83. The summed E-state index contributed by atoms with van der Waals surface area (Å²) in [6.07, 6.45) is -0.317. The predicted molar refractivity (Wildman–Crippen MR) is 108 cm³/mol. The lowest BCUT2D eigenvalue weighted by atomic mass is 10.2. The fourth-order valence-corrected chi connectivity index (χ4v) is 3.41. The summed E-state index contributed by atoms with van der Waals surface area (Å²) in [6.45, 7) is 0. The van der Waals surface area contributed by atoms with Gasteiger partial charge in [-0.25, -0.2) is 9.67 Å². The van der Waals surface area contributed by atoms with Crippen LogP contribution in [0, 0.1) is 0 Å². The van der Waals surface area contributed by atoms with E-state index in [0.29, 0.717) is 10.9 Å². The van der Waals surface area contributed by atoms with E-state index in [4.69, 9.17) is 23.9 Å². The van der Waals surface area contributed by atoms with Gasteiger partial charge in [-0.3, -0.25) is 0 Å². The molecule has 1 aromatic heterocycles. The van der Waals surface area contributed by atoms with Gasteiger partial charge in [0.05, 0.1) is 25.7 Å². The Kier molecular flexibility index (Phi) is 6.91. The number of nitrogens with zero attached hydrogens (tertiary/aromatic N) is 3. The second-order valence-corrected chi connectivity index (χ2v) is 6.76. The van der Waals surface area contributed by atoms with Crippen LogP contribution in [0.25, 0.3) is 17.1 Å². The third-order valence-corrected chi connectivity index (χ3v) is 5.00. The standard InChI is InChI=1S/C20H23N3O4S/c1-24-16-9-5-14(6-10-16)19-21-20(28-13-18(26-3)27-4)22-23(19)15-7-11-17(25-2)12-8-15/h5-12,18H,13H2,1-4H3. The third-order valence-electron chi connectivity index (χ3n) is 4.13. The van der Waals surface area contributed by atoms with Crippen LogP contribution in [-0.2, 0) is 9.47 Å². The molecule has 0 fully saturated rings. The first kappa shape index (κ1) is 20.2. The van der Waals surface area contributed by atoms with Gasteiger partial charge >= 0.3 is 0 Å². The molecule has 3 rings (SSSR count). The molecular weight excluding hydrogens is 378 g/mol. The van der Waals surface area contributed by atoms with Gasteiger partial charge in [0, 0.05) is 19.8 Å². The summed E-state index contributed by atoms with van der Waals surface area (Å²) in [4.78, 5) is 4.73. The van der Waals surface area contributed by atoms with E-state index in [9.17, 15) is 0 Å². The van der Waals surface area contributed by atoms with Gasteiger partial charge in [-0.05, 0) is 48.5 Å². The number of hydrogen-bond donors (Lipinski definition) is 0. The van der Waals surface area contributed by atoms with Gasteiger partial charge < -0.3 is 18.9 Å². The van der Waals surface area contributed by atoms with Crippen LogP contribution in [0.5, 0.6) is 11.5 Å². The van der Waals surface area contributed by atoms with E-state index in [-0.39, 0.29) is 6.29 Å². The summed E-state index contributed by atoms with van der Waals surface area (Å²) < 4.78 is 22.8. The van der Waals surface area contributed by atoms with Crippen LogP contribution in [0.15, 0.2) is 53.7 Å². The zero-order chi connectivity index (χ0) is 19.9. The molecule has 0 saturated heterocycles. The summed E-state index contributed by atoms with van der Waals surface area (Å²) in [7, 11) is 6.51. The third kappa shape index (κ3) is 4.64. The van der Waals surface area contributed by atoms with Crippen molar-refractivity contribution in [3.8, 4) is 28.6 Å². The Morgan fingerprint density at radius 1 is 0.857 bits per heavy atom. The molecule has 0 aliphatic carbocycles. The Labute approximate surface area is 168 Å². The van der Waals surface area contributed by atoms with Gasteiger partial charge in [-0.1, -0.05) is 11.8 Å². The number of methoxy groups -OCH3 is 4. The zero-order valence-corrected chi connectivity index (χ0v) is 17.1. The molecule has 2 aromatic carbocycles. The molecule has 0 unspecified atom stereocenters. The number of aromatic nitrogens is 3. The van der Waals surface area contributed by atoms with Gasteiger partial charge in [0.25, 0.3) is 0 Å². The highest BCUT2D eigenvalue weighted by Crippen LogP contribution is 2.27. The molecule has 8 heteroatoms. The maximum Gasteiger partial charge on any atom is 0.209 e. The molecule has 0 radical (unpaired) electrons. The van der Waals surface area contributed by atoms with Crippen molar-refractivity contribution in [2.75, 3.05) is 34.2 Å². The Morgan fingerprint density at radius 3 is 1.96 bits per heavy atom. The SMILES string of the molecule is COc1ccc(-c2nc(SCC(OC)OC)nn2-c2ccc(OC)cc2)cc1. The molecule has 148 valence electrons. The maximum atomic E-state index is 5.25. The van der Waals surface area contributed by atoms with E-state index in [1.165, 1.54) is 11.8 Å². The molecule has 1 heterocycles. The van der Waals surface area contributed by atoms with Gasteiger partial charge in [0.2, 0.25) is 5.16 Å². The smallest absolute Gasteiger partial charge is 0.209 e. The fourth-order valence-electron chi connectivity index (χ4n) is 2.56. The van der Waals surface area contributed by atoms with E-state index in [2.05, 4.69) is 5.10 Å². The van der Waals surface area contributed by atoms with Crippen LogP contribution in [0.3, 0.4) is 0 Å². The molecule has 0 aliphatic rings. The number of thioether (sulfide) groups is 1.